The lowest BCUT2D eigenvalue weighted by Gasteiger charge is -2.37. The molecule has 0 fully saturated rings. The second-order valence-electron chi connectivity index (χ2n) is 18.4. The van der Waals surface area contributed by atoms with Crippen LogP contribution in [0.1, 0.15) is 48.9 Å². The standard InChI is InChI=1S/C64H46O/c1-40(2)41-32-34-57-55(36-41)50-33-31-46(38-58(50)64(57,47-21-5-3-6-22-47)48-23-7-4-8-24-48)62-53-27-13-11-25-51(53)61(52-26-12-14-28-54(52)62)45-20-15-19-44(35-45)49-29-16-30-59-63(49)56-37-42-17-9-10-18-43(42)39-60(56)65-59/h3-31,33,35-40H,32,34H2,1-2H3. The van der Waals surface area contributed by atoms with E-state index in [9.17, 15) is 0 Å². The van der Waals surface area contributed by atoms with Gasteiger partial charge in [-0.2, -0.15) is 0 Å². The molecule has 1 heteroatoms. The molecule has 0 bridgehead atoms. The summed E-state index contributed by atoms with van der Waals surface area (Å²) < 4.78 is 6.53. The van der Waals surface area contributed by atoms with Gasteiger partial charge in [-0.1, -0.05) is 201 Å². The quantitative estimate of drug-likeness (QED) is 0.152. The van der Waals surface area contributed by atoms with Crippen LogP contribution >= 0.6 is 0 Å². The van der Waals surface area contributed by atoms with Crippen LogP contribution in [0.2, 0.25) is 0 Å². The van der Waals surface area contributed by atoms with Crippen LogP contribution in [0.15, 0.2) is 228 Å². The predicted octanol–water partition coefficient (Wildman–Crippen LogP) is 17.5. The summed E-state index contributed by atoms with van der Waals surface area (Å²) in [5.74, 6) is 0.507. The first kappa shape index (κ1) is 37.8. The smallest absolute Gasteiger partial charge is 0.136 e. The number of hydrogen-bond acceptors (Lipinski definition) is 1. The Bertz CT molecular complexity index is 3690. The molecule has 0 amide bonds. The Morgan fingerprint density at radius 3 is 1.65 bits per heavy atom. The molecule has 308 valence electrons. The lowest BCUT2D eigenvalue weighted by atomic mass is 9.65. The van der Waals surface area contributed by atoms with Crippen molar-refractivity contribution in [1.82, 2.24) is 0 Å². The number of furan rings is 1. The molecule has 13 rings (SSSR count). The molecule has 1 nitrogen and oxygen atoms in total. The summed E-state index contributed by atoms with van der Waals surface area (Å²) in [4.78, 5) is 0. The van der Waals surface area contributed by atoms with E-state index in [1.54, 1.807) is 0 Å². The first-order valence-corrected chi connectivity index (χ1v) is 23.1. The van der Waals surface area contributed by atoms with Crippen molar-refractivity contribution >= 4 is 59.8 Å². The summed E-state index contributed by atoms with van der Waals surface area (Å²) >= 11 is 0. The van der Waals surface area contributed by atoms with Crippen LogP contribution in [0.3, 0.4) is 0 Å². The zero-order chi connectivity index (χ0) is 43.2. The van der Waals surface area contributed by atoms with E-state index in [2.05, 4.69) is 226 Å². The molecule has 0 unspecified atom stereocenters. The predicted molar refractivity (Wildman–Crippen MR) is 274 cm³/mol. The molecule has 2 aliphatic rings. The first-order valence-electron chi connectivity index (χ1n) is 23.1. The molecular weight excluding hydrogens is 785 g/mol. The number of rotatable bonds is 6. The molecule has 0 spiro atoms. The van der Waals surface area contributed by atoms with Gasteiger partial charge in [-0.3, -0.25) is 0 Å². The summed E-state index contributed by atoms with van der Waals surface area (Å²) in [7, 11) is 0. The minimum absolute atomic E-state index is 0.412. The second-order valence-corrected chi connectivity index (χ2v) is 18.4. The Balaban J connectivity index is 1.04. The highest BCUT2D eigenvalue weighted by atomic mass is 16.3. The molecule has 2 aliphatic carbocycles. The summed E-state index contributed by atoms with van der Waals surface area (Å²) in [6.07, 6.45) is 4.66. The van der Waals surface area contributed by atoms with Gasteiger partial charge in [0.25, 0.3) is 0 Å². The maximum absolute atomic E-state index is 6.53. The van der Waals surface area contributed by atoms with E-state index in [4.69, 9.17) is 4.42 Å². The molecule has 1 heterocycles. The molecule has 0 saturated heterocycles. The van der Waals surface area contributed by atoms with Crippen molar-refractivity contribution in [2.24, 2.45) is 5.92 Å². The Morgan fingerprint density at radius 2 is 1.00 bits per heavy atom. The zero-order valence-corrected chi connectivity index (χ0v) is 36.6. The van der Waals surface area contributed by atoms with E-state index < -0.39 is 5.41 Å². The second kappa shape index (κ2) is 14.7. The van der Waals surface area contributed by atoms with Gasteiger partial charge in [-0.15, -0.1) is 0 Å². The highest BCUT2D eigenvalue weighted by Gasteiger charge is 2.48. The fourth-order valence-electron chi connectivity index (χ4n) is 11.8. The lowest BCUT2D eigenvalue weighted by Crippen LogP contribution is -2.30. The maximum atomic E-state index is 6.53. The molecule has 0 saturated carbocycles. The molecule has 10 aromatic carbocycles. The minimum Gasteiger partial charge on any atom is -0.456 e. The molecule has 1 aromatic heterocycles. The molecule has 0 atom stereocenters. The topological polar surface area (TPSA) is 13.1 Å². The number of benzene rings is 10. The van der Waals surface area contributed by atoms with Crippen molar-refractivity contribution in [2.45, 2.75) is 32.1 Å². The lowest BCUT2D eigenvalue weighted by molar-refractivity contribution is 0.651. The van der Waals surface area contributed by atoms with Crippen LogP contribution in [0.25, 0.3) is 93.2 Å². The summed E-state index contributed by atoms with van der Waals surface area (Å²) in [6, 6.07) is 76.8. The van der Waals surface area contributed by atoms with Crippen LogP contribution in [0.5, 0.6) is 0 Å². The fraction of sp³-hybridized carbons (Fsp3) is 0.0938. The zero-order valence-electron chi connectivity index (χ0n) is 36.6. The van der Waals surface area contributed by atoms with Crippen molar-refractivity contribution in [3.8, 4) is 33.4 Å². The minimum atomic E-state index is -0.412. The third-order valence-corrected chi connectivity index (χ3v) is 14.7. The number of fused-ring (bicyclic) bond motifs is 8. The number of hydrogen-bond donors (Lipinski definition) is 0. The van der Waals surface area contributed by atoms with E-state index in [0.29, 0.717) is 5.92 Å². The van der Waals surface area contributed by atoms with E-state index >= 15 is 0 Å². The Morgan fingerprint density at radius 1 is 0.431 bits per heavy atom. The third-order valence-electron chi connectivity index (χ3n) is 14.7. The van der Waals surface area contributed by atoms with Crippen LogP contribution in [-0.2, 0) is 5.41 Å². The maximum Gasteiger partial charge on any atom is 0.136 e. The molecule has 0 N–H and O–H groups in total. The molecule has 0 aliphatic heterocycles. The van der Waals surface area contributed by atoms with Gasteiger partial charge in [-0.05, 0) is 148 Å². The third kappa shape index (κ3) is 5.65. The van der Waals surface area contributed by atoms with E-state index in [1.807, 2.05) is 0 Å². The molecule has 0 radical (unpaired) electrons. The SMILES string of the molecule is CC(C)C1=CC2=C(CC1)C(c1ccccc1)(c1ccccc1)c1cc(-c3c4ccccc4c(-c4cccc(-c5cccc6oc7cc8ccccc8cc7c56)c4)c4ccccc34)ccc12. The van der Waals surface area contributed by atoms with Crippen LogP contribution in [0.4, 0.5) is 0 Å². The Hall–Kier alpha value is -7.74. The highest BCUT2D eigenvalue weighted by Crippen LogP contribution is 2.59. The monoisotopic (exact) mass is 830 g/mol. The van der Waals surface area contributed by atoms with Crippen LogP contribution < -0.4 is 0 Å². The van der Waals surface area contributed by atoms with E-state index in [0.717, 1.165) is 34.8 Å². The van der Waals surface area contributed by atoms with Crippen molar-refractivity contribution in [3.05, 3.63) is 246 Å². The van der Waals surface area contributed by atoms with Gasteiger partial charge in [0.15, 0.2) is 0 Å². The highest BCUT2D eigenvalue weighted by molar-refractivity contribution is 6.22. The average molecular weight is 831 g/mol. The largest absolute Gasteiger partial charge is 0.456 e. The van der Waals surface area contributed by atoms with Crippen molar-refractivity contribution in [1.29, 1.82) is 0 Å². The first-order chi connectivity index (χ1) is 32.1. The van der Waals surface area contributed by atoms with Crippen molar-refractivity contribution in [3.63, 3.8) is 0 Å². The van der Waals surface area contributed by atoms with Crippen LogP contribution in [0, 0.1) is 5.92 Å². The number of allylic oxidation sites excluding steroid dienone is 4. The summed E-state index contributed by atoms with van der Waals surface area (Å²) in [5, 5.41) is 9.70. The normalized spacial score (nSPS) is 14.5. The molecular formula is C64H46O. The molecule has 11 aromatic rings. The summed E-state index contributed by atoms with van der Waals surface area (Å²) in [5.41, 5.74) is 18.6. The fourth-order valence-corrected chi connectivity index (χ4v) is 11.8. The Labute approximate surface area is 379 Å². The van der Waals surface area contributed by atoms with Gasteiger partial charge >= 0.3 is 0 Å². The van der Waals surface area contributed by atoms with Crippen molar-refractivity contribution in [2.75, 3.05) is 0 Å². The Kier molecular flexibility index (Phi) is 8.52. The van der Waals surface area contributed by atoms with Gasteiger partial charge in [0.05, 0.1) is 5.41 Å². The van der Waals surface area contributed by atoms with Gasteiger partial charge in [0.1, 0.15) is 11.2 Å². The van der Waals surface area contributed by atoms with Crippen molar-refractivity contribution < 1.29 is 4.42 Å². The van der Waals surface area contributed by atoms with E-state index in [1.165, 1.54) is 105 Å². The van der Waals surface area contributed by atoms with Gasteiger partial charge in [0, 0.05) is 10.8 Å². The average Bonchev–Trinajstić information content (AvgIpc) is 3.87. The van der Waals surface area contributed by atoms with Gasteiger partial charge in [-0.25, -0.2) is 0 Å². The van der Waals surface area contributed by atoms with E-state index in [-0.39, 0.29) is 0 Å². The molecule has 65 heavy (non-hydrogen) atoms. The van der Waals surface area contributed by atoms with Gasteiger partial charge in [0.2, 0.25) is 0 Å². The van der Waals surface area contributed by atoms with Crippen LogP contribution in [-0.4, -0.2) is 0 Å². The van der Waals surface area contributed by atoms with Gasteiger partial charge < -0.3 is 4.42 Å². The summed E-state index contributed by atoms with van der Waals surface area (Å²) in [6.45, 7) is 4.69.